The maximum Gasteiger partial charge on any atom is 0.251 e. The molecule has 1 aromatic carbocycles. The number of benzene rings is 1. The third-order valence-corrected chi connectivity index (χ3v) is 7.24. The number of carbonyl (C=O) groups is 1. The molecule has 0 atom stereocenters. The molecule has 0 aliphatic carbocycles. The number of amides is 1. The topological polar surface area (TPSA) is 79.0 Å². The van der Waals surface area contributed by atoms with Crippen molar-refractivity contribution >= 4 is 15.9 Å². The van der Waals surface area contributed by atoms with E-state index in [0.717, 1.165) is 52.1 Å². The molecule has 27 heavy (non-hydrogen) atoms. The second-order valence-electron chi connectivity index (χ2n) is 7.15. The third kappa shape index (κ3) is 5.07. The molecule has 3 rings (SSSR count). The third-order valence-electron chi connectivity index (χ3n) is 5.20. The van der Waals surface area contributed by atoms with E-state index >= 15 is 0 Å². The van der Waals surface area contributed by atoms with Gasteiger partial charge in [-0.1, -0.05) is 12.5 Å². The number of carbonyl (C=O) groups excluding carboxylic acids is 1. The highest BCUT2D eigenvalue weighted by Crippen LogP contribution is 2.24. The lowest BCUT2D eigenvalue weighted by Gasteiger charge is -2.27. The Morgan fingerprint density at radius 1 is 1.11 bits per heavy atom. The van der Waals surface area contributed by atoms with Crippen LogP contribution < -0.4 is 5.32 Å². The van der Waals surface area contributed by atoms with E-state index in [-0.39, 0.29) is 10.8 Å². The van der Waals surface area contributed by atoms with E-state index in [9.17, 15) is 13.2 Å². The zero-order valence-corrected chi connectivity index (χ0v) is 16.8. The highest BCUT2D eigenvalue weighted by Gasteiger charge is 2.28. The lowest BCUT2D eigenvalue weighted by Crippen LogP contribution is -2.41. The maximum absolute atomic E-state index is 13.0. The van der Waals surface area contributed by atoms with Gasteiger partial charge < -0.3 is 10.1 Å². The van der Waals surface area contributed by atoms with Crippen LogP contribution in [-0.2, 0) is 14.8 Å². The van der Waals surface area contributed by atoms with E-state index in [0.29, 0.717) is 30.8 Å². The monoisotopic (exact) mass is 395 g/mol. The fraction of sp³-hybridized carbons (Fsp3) is 0.632. The predicted molar refractivity (Wildman–Crippen MR) is 103 cm³/mol. The summed E-state index contributed by atoms with van der Waals surface area (Å²) in [5.41, 5.74) is 1.06. The van der Waals surface area contributed by atoms with Crippen LogP contribution in [0.2, 0.25) is 0 Å². The van der Waals surface area contributed by atoms with Crippen molar-refractivity contribution in [3.8, 4) is 0 Å². The van der Waals surface area contributed by atoms with Crippen molar-refractivity contribution < 1.29 is 17.9 Å². The van der Waals surface area contributed by atoms with Crippen LogP contribution in [0, 0.1) is 6.92 Å². The molecule has 0 saturated carbocycles. The number of rotatable bonds is 6. The van der Waals surface area contributed by atoms with Crippen molar-refractivity contribution in [2.75, 3.05) is 52.5 Å². The molecule has 0 unspecified atom stereocenters. The second-order valence-corrected chi connectivity index (χ2v) is 9.06. The standard InChI is InChI=1S/C19H29N3O4S/c1-16-5-6-17(19(23)20-7-10-21-11-13-26-14-12-21)15-18(16)27(24,25)22-8-3-2-4-9-22/h5-6,15H,2-4,7-14H2,1H3,(H,20,23). The van der Waals surface area contributed by atoms with Gasteiger partial charge in [0.2, 0.25) is 10.0 Å². The van der Waals surface area contributed by atoms with Crippen molar-refractivity contribution in [3.05, 3.63) is 29.3 Å². The number of sulfonamides is 1. The molecule has 2 fully saturated rings. The fourth-order valence-corrected chi connectivity index (χ4v) is 5.29. The summed E-state index contributed by atoms with van der Waals surface area (Å²) in [6.45, 7) is 7.37. The van der Waals surface area contributed by atoms with Crippen molar-refractivity contribution in [3.63, 3.8) is 0 Å². The van der Waals surface area contributed by atoms with Gasteiger partial charge in [0.25, 0.3) is 5.91 Å². The minimum atomic E-state index is -3.56. The first-order valence-corrected chi connectivity index (χ1v) is 11.1. The van der Waals surface area contributed by atoms with Gasteiger partial charge in [-0.25, -0.2) is 8.42 Å². The Hall–Kier alpha value is -1.48. The molecular formula is C19H29N3O4S. The molecule has 7 nitrogen and oxygen atoms in total. The Balaban J connectivity index is 1.65. The molecule has 8 heteroatoms. The molecule has 2 aliphatic rings. The summed E-state index contributed by atoms with van der Waals surface area (Å²) in [5.74, 6) is -0.238. The van der Waals surface area contributed by atoms with Gasteiger partial charge in [-0.3, -0.25) is 9.69 Å². The van der Waals surface area contributed by atoms with Gasteiger partial charge >= 0.3 is 0 Å². The highest BCUT2D eigenvalue weighted by atomic mass is 32.2. The molecule has 150 valence electrons. The summed E-state index contributed by atoms with van der Waals surface area (Å²) in [5, 5.41) is 2.89. The van der Waals surface area contributed by atoms with Gasteiger partial charge in [0, 0.05) is 44.8 Å². The normalized spacial score (nSPS) is 19.7. The molecule has 1 aromatic rings. The Kier molecular flexibility index (Phi) is 6.86. The van der Waals surface area contributed by atoms with Crippen molar-refractivity contribution in [1.29, 1.82) is 0 Å². The Labute approximate surface area is 161 Å². The van der Waals surface area contributed by atoms with Crippen LogP contribution >= 0.6 is 0 Å². The van der Waals surface area contributed by atoms with Gasteiger partial charge in [-0.05, 0) is 37.5 Å². The number of hydrogen-bond donors (Lipinski definition) is 1. The first-order chi connectivity index (χ1) is 13.0. The molecule has 0 bridgehead atoms. The molecule has 2 saturated heterocycles. The molecule has 1 N–H and O–H groups in total. The summed E-state index contributed by atoms with van der Waals surface area (Å²) in [6.07, 6.45) is 2.84. The number of aryl methyl sites for hydroxylation is 1. The van der Waals surface area contributed by atoms with E-state index in [4.69, 9.17) is 4.74 Å². The van der Waals surface area contributed by atoms with Crippen LogP contribution in [0.1, 0.15) is 35.2 Å². The smallest absolute Gasteiger partial charge is 0.251 e. The summed E-state index contributed by atoms with van der Waals surface area (Å²) < 4.78 is 32.8. The van der Waals surface area contributed by atoms with Gasteiger partial charge in [-0.15, -0.1) is 0 Å². The molecular weight excluding hydrogens is 366 g/mol. The van der Waals surface area contributed by atoms with Crippen LogP contribution in [0.3, 0.4) is 0 Å². The summed E-state index contributed by atoms with van der Waals surface area (Å²) in [6, 6.07) is 4.92. The number of piperidine rings is 1. The average molecular weight is 396 g/mol. The Morgan fingerprint density at radius 3 is 2.52 bits per heavy atom. The van der Waals surface area contributed by atoms with Crippen LogP contribution in [0.4, 0.5) is 0 Å². The van der Waals surface area contributed by atoms with Crippen LogP contribution in [0.25, 0.3) is 0 Å². The van der Waals surface area contributed by atoms with Crippen molar-refractivity contribution in [2.24, 2.45) is 0 Å². The first-order valence-electron chi connectivity index (χ1n) is 9.67. The summed E-state index contributed by atoms with van der Waals surface area (Å²) in [4.78, 5) is 15.0. The zero-order chi connectivity index (χ0) is 19.3. The Morgan fingerprint density at radius 2 is 1.81 bits per heavy atom. The van der Waals surface area contributed by atoms with Crippen LogP contribution in [0.15, 0.2) is 23.1 Å². The molecule has 2 aliphatic heterocycles. The van der Waals surface area contributed by atoms with Gasteiger partial charge in [0.15, 0.2) is 0 Å². The maximum atomic E-state index is 13.0. The molecule has 2 heterocycles. The number of nitrogens with zero attached hydrogens (tertiary/aromatic N) is 2. The minimum Gasteiger partial charge on any atom is -0.379 e. The minimum absolute atomic E-state index is 0.238. The van der Waals surface area contributed by atoms with E-state index < -0.39 is 10.0 Å². The van der Waals surface area contributed by atoms with E-state index in [1.54, 1.807) is 23.4 Å². The molecule has 0 spiro atoms. The van der Waals surface area contributed by atoms with Gasteiger partial charge in [0.1, 0.15) is 0 Å². The molecule has 0 aromatic heterocycles. The highest BCUT2D eigenvalue weighted by molar-refractivity contribution is 7.89. The Bertz CT molecular complexity index is 754. The average Bonchev–Trinajstić information content (AvgIpc) is 2.69. The number of ether oxygens (including phenoxy) is 1. The van der Waals surface area contributed by atoms with E-state index in [1.165, 1.54) is 6.07 Å². The van der Waals surface area contributed by atoms with Gasteiger partial charge in [0.05, 0.1) is 18.1 Å². The predicted octanol–water partition coefficient (Wildman–Crippen LogP) is 1.23. The largest absolute Gasteiger partial charge is 0.379 e. The fourth-order valence-electron chi connectivity index (χ4n) is 3.52. The summed E-state index contributed by atoms with van der Waals surface area (Å²) in [7, 11) is -3.56. The van der Waals surface area contributed by atoms with Gasteiger partial charge in [-0.2, -0.15) is 4.31 Å². The molecule has 0 radical (unpaired) electrons. The van der Waals surface area contributed by atoms with Crippen molar-refractivity contribution in [2.45, 2.75) is 31.1 Å². The zero-order valence-electron chi connectivity index (χ0n) is 15.9. The van der Waals surface area contributed by atoms with E-state index in [1.807, 2.05) is 0 Å². The lowest BCUT2D eigenvalue weighted by molar-refractivity contribution is 0.0383. The van der Waals surface area contributed by atoms with Crippen LogP contribution in [0.5, 0.6) is 0 Å². The number of morpholine rings is 1. The van der Waals surface area contributed by atoms with Crippen molar-refractivity contribution in [1.82, 2.24) is 14.5 Å². The second kappa shape index (κ2) is 9.14. The van der Waals surface area contributed by atoms with E-state index in [2.05, 4.69) is 10.2 Å². The SMILES string of the molecule is Cc1ccc(C(=O)NCCN2CCOCC2)cc1S(=O)(=O)N1CCCCC1. The first kappa shape index (κ1) is 20.3. The number of nitrogens with one attached hydrogen (secondary N) is 1. The quantitative estimate of drug-likeness (QED) is 0.784. The number of hydrogen-bond acceptors (Lipinski definition) is 5. The molecule has 1 amide bonds. The lowest BCUT2D eigenvalue weighted by atomic mass is 10.1. The summed E-state index contributed by atoms with van der Waals surface area (Å²) >= 11 is 0. The van der Waals surface area contributed by atoms with Crippen LogP contribution in [-0.4, -0.2) is 76.0 Å².